The van der Waals surface area contributed by atoms with E-state index in [0.29, 0.717) is 0 Å². The van der Waals surface area contributed by atoms with Gasteiger partial charge in [0, 0.05) is 11.1 Å². The van der Waals surface area contributed by atoms with E-state index >= 15 is 0 Å². The van der Waals surface area contributed by atoms with Crippen LogP contribution in [0.25, 0.3) is 0 Å². The number of rotatable bonds is 7. The highest BCUT2D eigenvalue weighted by Crippen LogP contribution is 2.21. The van der Waals surface area contributed by atoms with Crippen LogP contribution < -0.4 is 0 Å². The normalized spacial score (nSPS) is 14.2. The average molecular weight is 267 g/mol. The molecule has 0 rings (SSSR count). The van der Waals surface area contributed by atoms with Gasteiger partial charge in [-0.25, -0.2) is 0 Å². The quantitative estimate of drug-likeness (QED) is 0.421. The van der Waals surface area contributed by atoms with Crippen molar-refractivity contribution >= 4 is 5.71 Å². The van der Waals surface area contributed by atoms with Gasteiger partial charge in [-0.15, -0.1) is 0 Å². The van der Waals surface area contributed by atoms with Gasteiger partial charge in [0.1, 0.15) is 0 Å². The maximum absolute atomic E-state index is 4.69. The Labute approximate surface area is 123 Å². The van der Waals surface area contributed by atoms with Gasteiger partial charge >= 0.3 is 0 Å². The molecule has 0 atom stereocenters. The maximum atomic E-state index is 4.69. The zero-order valence-corrected chi connectivity index (χ0v) is 12.9. The lowest BCUT2D eigenvalue weighted by atomic mass is 9.89. The van der Waals surface area contributed by atoms with Crippen LogP contribution in [-0.2, 0) is 0 Å². The van der Waals surface area contributed by atoms with Crippen LogP contribution >= 0.6 is 0 Å². The Morgan fingerprint density at radius 1 is 0.850 bits per heavy atom. The lowest BCUT2D eigenvalue weighted by Gasteiger charge is -2.19. The van der Waals surface area contributed by atoms with Gasteiger partial charge in [-0.3, -0.25) is 4.99 Å². The Kier molecular flexibility index (Phi) is 7.91. The fourth-order valence-electron chi connectivity index (χ4n) is 1.45. The zero-order chi connectivity index (χ0) is 15.6. The zero-order valence-electron chi connectivity index (χ0n) is 12.9. The molecular formula is C19H25N. The minimum absolute atomic E-state index is 0.0642. The van der Waals surface area contributed by atoms with E-state index < -0.39 is 0 Å². The van der Waals surface area contributed by atoms with E-state index in [-0.39, 0.29) is 5.41 Å². The topological polar surface area (TPSA) is 12.4 Å². The summed E-state index contributed by atoms with van der Waals surface area (Å²) < 4.78 is 0. The van der Waals surface area contributed by atoms with Crippen molar-refractivity contribution in [3.8, 4) is 0 Å². The lowest BCUT2D eigenvalue weighted by Crippen LogP contribution is -2.18. The number of nitrogens with zero attached hydrogens (tertiary/aromatic N) is 1. The summed E-state index contributed by atoms with van der Waals surface area (Å²) in [6.07, 6.45) is 14.6. The molecule has 0 spiro atoms. The Bertz CT molecular complexity index is 488. The summed E-state index contributed by atoms with van der Waals surface area (Å²) in [5, 5.41) is 0. The SMILES string of the molecule is C=C\C=C/C=C(C=C)/C(=C/C=C)/N=C(\C=C)C(C)(C)C. The third-order valence-electron chi connectivity index (χ3n) is 2.52. The second kappa shape index (κ2) is 8.87. The minimum atomic E-state index is -0.0642. The second-order valence-electron chi connectivity index (χ2n) is 5.19. The van der Waals surface area contributed by atoms with E-state index in [1.165, 1.54) is 0 Å². The Morgan fingerprint density at radius 2 is 1.50 bits per heavy atom. The molecule has 0 aliphatic heterocycles. The van der Waals surface area contributed by atoms with Gasteiger partial charge < -0.3 is 0 Å². The van der Waals surface area contributed by atoms with Crippen LogP contribution in [0.2, 0.25) is 0 Å². The predicted octanol–water partition coefficient (Wildman–Crippen LogP) is 5.58. The largest absolute Gasteiger partial charge is 0.252 e. The summed E-state index contributed by atoms with van der Waals surface area (Å²) in [5.41, 5.74) is 2.59. The maximum Gasteiger partial charge on any atom is 0.0705 e. The molecular weight excluding hydrogens is 242 g/mol. The van der Waals surface area contributed by atoms with Gasteiger partial charge in [-0.2, -0.15) is 0 Å². The van der Waals surface area contributed by atoms with E-state index in [1.807, 2.05) is 24.3 Å². The van der Waals surface area contributed by atoms with Gasteiger partial charge in [-0.1, -0.05) is 83.5 Å². The van der Waals surface area contributed by atoms with E-state index in [2.05, 4.69) is 47.1 Å². The first-order valence-corrected chi connectivity index (χ1v) is 6.57. The Balaban J connectivity index is 5.77. The first kappa shape index (κ1) is 17.8. The van der Waals surface area contributed by atoms with Crippen molar-refractivity contribution in [2.75, 3.05) is 0 Å². The first-order chi connectivity index (χ1) is 9.40. The van der Waals surface area contributed by atoms with E-state index in [1.54, 1.807) is 24.3 Å². The molecule has 0 saturated heterocycles. The van der Waals surface area contributed by atoms with Crippen LogP contribution in [0.5, 0.6) is 0 Å². The molecule has 0 aliphatic rings. The smallest absolute Gasteiger partial charge is 0.0705 e. The molecule has 0 saturated carbocycles. The molecule has 0 amide bonds. The van der Waals surface area contributed by atoms with Gasteiger partial charge in [0.05, 0.1) is 5.70 Å². The van der Waals surface area contributed by atoms with Crippen molar-refractivity contribution in [3.05, 3.63) is 86.2 Å². The van der Waals surface area contributed by atoms with Crippen molar-refractivity contribution < 1.29 is 0 Å². The van der Waals surface area contributed by atoms with Crippen molar-refractivity contribution in [2.24, 2.45) is 10.4 Å². The summed E-state index contributed by atoms with van der Waals surface area (Å²) in [7, 11) is 0. The van der Waals surface area contributed by atoms with Crippen LogP contribution in [0.3, 0.4) is 0 Å². The third kappa shape index (κ3) is 6.14. The molecule has 0 unspecified atom stereocenters. The molecule has 0 aromatic carbocycles. The molecule has 0 N–H and O–H groups in total. The highest BCUT2D eigenvalue weighted by Gasteiger charge is 2.16. The van der Waals surface area contributed by atoms with Crippen LogP contribution in [0, 0.1) is 5.41 Å². The van der Waals surface area contributed by atoms with Crippen LogP contribution in [0.15, 0.2) is 91.2 Å². The Hall–Kier alpha value is -2.15. The molecule has 0 fully saturated rings. The molecule has 0 aromatic heterocycles. The standard InChI is InChI=1S/C19H25N/c1-8-12-13-15-16(10-3)17(14-9-2)20-18(11-4)19(5,6)7/h8-15H,1-4H2,5-7H3/b13-12-,16-15+,17-14-,20-18+. The summed E-state index contributed by atoms with van der Waals surface area (Å²) in [6, 6.07) is 0. The van der Waals surface area contributed by atoms with Crippen molar-refractivity contribution in [2.45, 2.75) is 20.8 Å². The Morgan fingerprint density at radius 3 is 1.90 bits per heavy atom. The molecule has 20 heavy (non-hydrogen) atoms. The third-order valence-corrected chi connectivity index (χ3v) is 2.52. The van der Waals surface area contributed by atoms with Crippen LogP contribution in [0.4, 0.5) is 0 Å². The molecule has 1 heteroatoms. The molecule has 1 nitrogen and oxygen atoms in total. The van der Waals surface area contributed by atoms with Crippen molar-refractivity contribution in [3.63, 3.8) is 0 Å². The number of aliphatic imine (C=N–C) groups is 1. The highest BCUT2D eigenvalue weighted by atomic mass is 14.8. The number of hydrogen-bond donors (Lipinski definition) is 0. The van der Waals surface area contributed by atoms with E-state index in [0.717, 1.165) is 17.0 Å². The molecule has 106 valence electrons. The summed E-state index contributed by atoms with van der Waals surface area (Å²) in [5.74, 6) is 0. The molecule has 0 bridgehead atoms. The van der Waals surface area contributed by atoms with Gasteiger partial charge in [0.25, 0.3) is 0 Å². The molecule has 0 heterocycles. The fourth-order valence-corrected chi connectivity index (χ4v) is 1.45. The van der Waals surface area contributed by atoms with Crippen molar-refractivity contribution in [1.29, 1.82) is 0 Å². The van der Waals surface area contributed by atoms with E-state index in [9.17, 15) is 0 Å². The summed E-state index contributed by atoms with van der Waals surface area (Å²) >= 11 is 0. The number of hydrogen-bond acceptors (Lipinski definition) is 1. The predicted molar refractivity (Wildman–Crippen MR) is 93.0 cm³/mol. The minimum Gasteiger partial charge on any atom is -0.252 e. The summed E-state index contributed by atoms with van der Waals surface area (Å²) in [4.78, 5) is 4.69. The van der Waals surface area contributed by atoms with Gasteiger partial charge in [-0.05, 0) is 17.7 Å². The van der Waals surface area contributed by atoms with Crippen LogP contribution in [-0.4, -0.2) is 5.71 Å². The highest BCUT2D eigenvalue weighted by molar-refractivity contribution is 5.99. The summed E-state index contributed by atoms with van der Waals surface area (Å²) in [6.45, 7) is 21.4. The van der Waals surface area contributed by atoms with Crippen LogP contribution in [0.1, 0.15) is 20.8 Å². The average Bonchev–Trinajstić information content (AvgIpc) is 2.38. The van der Waals surface area contributed by atoms with Gasteiger partial charge in [0.15, 0.2) is 0 Å². The first-order valence-electron chi connectivity index (χ1n) is 6.57. The van der Waals surface area contributed by atoms with Gasteiger partial charge in [0.2, 0.25) is 0 Å². The monoisotopic (exact) mass is 267 g/mol. The van der Waals surface area contributed by atoms with E-state index in [4.69, 9.17) is 4.99 Å². The second-order valence-corrected chi connectivity index (χ2v) is 5.19. The lowest BCUT2D eigenvalue weighted by molar-refractivity contribution is 0.593. The molecule has 0 aromatic rings. The molecule has 0 aliphatic carbocycles. The number of allylic oxidation sites excluding steroid dienone is 8. The van der Waals surface area contributed by atoms with Crippen molar-refractivity contribution in [1.82, 2.24) is 0 Å². The molecule has 0 radical (unpaired) electrons. The fraction of sp³-hybridized carbons (Fsp3) is 0.211.